The zero-order chi connectivity index (χ0) is 9.68. The number of methoxy groups -OCH3 is 1. The van der Waals surface area contributed by atoms with E-state index in [-0.39, 0.29) is 6.04 Å². The van der Waals surface area contributed by atoms with Crippen LogP contribution in [0.2, 0.25) is 0 Å². The molecule has 0 spiro atoms. The molecular formula is C9H15NO2S. The predicted molar refractivity (Wildman–Crippen MR) is 54.3 cm³/mol. The van der Waals surface area contributed by atoms with Crippen LogP contribution in [0.25, 0.3) is 0 Å². The van der Waals surface area contributed by atoms with Crippen LogP contribution in [-0.2, 0) is 4.74 Å². The fourth-order valence-corrected chi connectivity index (χ4v) is 1.92. The third kappa shape index (κ3) is 2.69. The Balaban J connectivity index is 2.59. The van der Waals surface area contributed by atoms with E-state index >= 15 is 0 Å². The van der Waals surface area contributed by atoms with E-state index in [4.69, 9.17) is 15.2 Å². The van der Waals surface area contributed by atoms with Crippen LogP contribution < -0.4 is 10.5 Å². The molecule has 0 aliphatic carbocycles. The monoisotopic (exact) mass is 201 g/mol. The third-order valence-electron chi connectivity index (χ3n) is 1.72. The van der Waals surface area contributed by atoms with Crippen LogP contribution in [0.4, 0.5) is 0 Å². The molecule has 4 heteroatoms. The fraction of sp³-hybridized carbons (Fsp3) is 0.556. The fourth-order valence-electron chi connectivity index (χ4n) is 1.07. The minimum absolute atomic E-state index is 0.0742. The molecule has 1 rings (SSSR count). The van der Waals surface area contributed by atoms with Gasteiger partial charge >= 0.3 is 0 Å². The Morgan fingerprint density at radius 1 is 1.62 bits per heavy atom. The summed E-state index contributed by atoms with van der Waals surface area (Å²) >= 11 is 1.60. The van der Waals surface area contributed by atoms with Crippen LogP contribution in [0.5, 0.6) is 5.75 Å². The topological polar surface area (TPSA) is 44.5 Å². The van der Waals surface area contributed by atoms with Gasteiger partial charge in [0.25, 0.3) is 0 Å². The maximum atomic E-state index is 5.91. The molecule has 0 aliphatic heterocycles. The average molecular weight is 201 g/mol. The first kappa shape index (κ1) is 10.5. The van der Waals surface area contributed by atoms with Crippen molar-refractivity contribution in [1.29, 1.82) is 0 Å². The van der Waals surface area contributed by atoms with Crippen molar-refractivity contribution in [2.24, 2.45) is 5.73 Å². The second-order valence-corrected chi connectivity index (χ2v) is 3.57. The van der Waals surface area contributed by atoms with Gasteiger partial charge in [-0.25, -0.2) is 0 Å². The molecule has 13 heavy (non-hydrogen) atoms. The van der Waals surface area contributed by atoms with Gasteiger partial charge in [-0.05, 0) is 18.4 Å². The van der Waals surface area contributed by atoms with Gasteiger partial charge in [0.2, 0.25) is 0 Å². The standard InChI is InChI=1S/C9H15NO2S/c1-3-12-6-7(10)9-8(11-2)4-5-13-9/h4-5,7H,3,6,10H2,1-2H3. The highest BCUT2D eigenvalue weighted by atomic mass is 32.1. The molecule has 74 valence electrons. The molecule has 0 saturated carbocycles. The second-order valence-electron chi connectivity index (χ2n) is 2.62. The number of nitrogens with two attached hydrogens (primary N) is 1. The predicted octanol–water partition coefficient (Wildman–Crippen LogP) is 1.79. The smallest absolute Gasteiger partial charge is 0.134 e. The van der Waals surface area contributed by atoms with Crippen molar-refractivity contribution in [3.63, 3.8) is 0 Å². The van der Waals surface area contributed by atoms with E-state index in [2.05, 4.69) is 0 Å². The van der Waals surface area contributed by atoms with Crippen molar-refractivity contribution in [3.8, 4) is 5.75 Å². The minimum Gasteiger partial charge on any atom is -0.496 e. The molecule has 0 bridgehead atoms. The summed E-state index contributed by atoms with van der Waals surface area (Å²) in [5, 5.41) is 1.97. The summed E-state index contributed by atoms with van der Waals surface area (Å²) in [5.41, 5.74) is 5.91. The maximum absolute atomic E-state index is 5.91. The summed E-state index contributed by atoms with van der Waals surface area (Å²) in [6.07, 6.45) is 0. The first-order chi connectivity index (χ1) is 6.29. The minimum atomic E-state index is -0.0742. The molecule has 1 aromatic heterocycles. The Kier molecular flexibility index (Phi) is 4.21. The number of hydrogen-bond acceptors (Lipinski definition) is 4. The molecule has 0 aliphatic rings. The summed E-state index contributed by atoms with van der Waals surface area (Å²) in [5.74, 6) is 0.859. The molecule has 1 aromatic rings. The van der Waals surface area contributed by atoms with Crippen molar-refractivity contribution in [2.75, 3.05) is 20.3 Å². The second kappa shape index (κ2) is 5.21. The van der Waals surface area contributed by atoms with Crippen molar-refractivity contribution >= 4 is 11.3 Å². The molecule has 2 N–H and O–H groups in total. The average Bonchev–Trinajstić information content (AvgIpc) is 2.61. The summed E-state index contributed by atoms with van der Waals surface area (Å²) in [6, 6.07) is 1.85. The van der Waals surface area contributed by atoms with Gasteiger partial charge in [0.05, 0.1) is 24.6 Å². The van der Waals surface area contributed by atoms with Crippen LogP contribution in [0.3, 0.4) is 0 Å². The maximum Gasteiger partial charge on any atom is 0.134 e. The molecule has 0 saturated heterocycles. The SMILES string of the molecule is CCOCC(N)c1sccc1OC. The van der Waals surface area contributed by atoms with Crippen molar-refractivity contribution in [3.05, 3.63) is 16.3 Å². The van der Waals surface area contributed by atoms with Gasteiger partial charge in [0, 0.05) is 6.61 Å². The van der Waals surface area contributed by atoms with Gasteiger partial charge in [-0.15, -0.1) is 11.3 Å². The van der Waals surface area contributed by atoms with Crippen LogP contribution in [0, 0.1) is 0 Å². The van der Waals surface area contributed by atoms with E-state index < -0.39 is 0 Å². The molecule has 0 amide bonds. The normalized spacial score (nSPS) is 12.8. The van der Waals surface area contributed by atoms with Gasteiger partial charge in [0.15, 0.2) is 0 Å². The number of ether oxygens (including phenoxy) is 2. The Bertz CT molecular complexity index is 250. The highest BCUT2D eigenvalue weighted by molar-refractivity contribution is 7.10. The lowest BCUT2D eigenvalue weighted by Crippen LogP contribution is -2.16. The lowest BCUT2D eigenvalue weighted by atomic mass is 10.2. The molecular weight excluding hydrogens is 186 g/mol. The van der Waals surface area contributed by atoms with Gasteiger partial charge in [0.1, 0.15) is 5.75 Å². The summed E-state index contributed by atoms with van der Waals surface area (Å²) in [4.78, 5) is 1.05. The summed E-state index contributed by atoms with van der Waals surface area (Å²) in [6.45, 7) is 3.20. The third-order valence-corrected chi connectivity index (χ3v) is 2.75. The number of rotatable bonds is 5. The van der Waals surface area contributed by atoms with Crippen molar-refractivity contribution in [1.82, 2.24) is 0 Å². The van der Waals surface area contributed by atoms with Crippen molar-refractivity contribution < 1.29 is 9.47 Å². The van der Waals surface area contributed by atoms with E-state index in [1.165, 1.54) is 0 Å². The van der Waals surface area contributed by atoms with E-state index in [1.807, 2.05) is 18.4 Å². The van der Waals surface area contributed by atoms with Crippen LogP contribution in [0.1, 0.15) is 17.8 Å². The number of thiophene rings is 1. The van der Waals surface area contributed by atoms with Crippen LogP contribution >= 0.6 is 11.3 Å². The van der Waals surface area contributed by atoms with E-state index in [1.54, 1.807) is 18.4 Å². The zero-order valence-corrected chi connectivity index (χ0v) is 8.76. The molecule has 0 radical (unpaired) electrons. The van der Waals surface area contributed by atoms with E-state index in [9.17, 15) is 0 Å². The molecule has 0 aromatic carbocycles. The summed E-state index contributed by atoms with van der Waals surface area (Å²) in [7, 11) is 1.65. The first-order valence-electron chi connectivity index (χ1n) is 4.24. The van der Waals surface area contributed by atoms with Crippen LogP contribution in [-0.4, -0.2) is 20.3 Å². The molecule has 1 atom stereocenters. The molecule has 3 nitrogen and oxygen atoms in total. The molecule has 1 unspecified atom stereocenters. The van der Waals surface area contributed by atoms with Gasteiger partial charge in [-0.3, -0.25) is 0 Å². The lowest BCUT2D eigenvalue weighted by molar-refractivity contribution is 0.133. The Morgan fingerprint density at radius 2 is 2.38 bits per heavy atom. The van der Waals surface area contributed by atoms with Gasteiger partial charge in [-0.2, -0.15) is 0 Å². The Morgan fingerprint density at radius 3 is 3.00 bits per heavy atom. The Hall–Kier alpha value is -0.580. The van der Waals surface area contributed by atoms with Crippen molar-refractivity contribution in [2.45, 2.75) is 13.0 Å². The quantitative estimate of drug-likeness (QED) is 0.790. The van der Waals surface area contributed by atoms with Gasteiger partial charge in [-0.1, -0.05) is 0 Å². The van der Waals surface area contributed by atoms with Gasteiger partial charge < -0.3 is 15.2 Å². The molecule has 0 fully saturated rings. The highest BCUT2D eigenvalue weighted by Gasteiger charge is 2.12. The van der Waals surface area contributed by atoms with E-state index in [0.717, 1.165) is 10.6 Å². The summed E-state index contributed by atoms with van der Waals surface area (Å²) < 4.78 is 10.4. The lowest BCUT2D eigenvalue weighted by Gasteiger charge is -2.11. The Labute approximate surface area is 82.5 Å². The largest absolute Gasteiger partial charge is 0.496 e. The van der Waals surface area contributed by atoms with E-state index in [0.29, 0.717) is 13.2 Å². The number of hydrogen-bond donors (Lipinski definition) is 1. The highest BCUT2D eigenvalue weighted by Crippen LogP contribution is 2.29. The molecule has 1 heterocycles. The first-order valence-corrected chi connectivity index (χ1v) is 5.12. The van der Waals surface area contributed by atoms with Crippen LogP contribution in [0.15, 0.2) is 11.4 Å². The zero-order valence-electron chi connectivity index (χ0n) is 7.95.